The number of benzene rings is 1. The lowest BCUT2D eigenvalue weighted by Crippen LogP contribution is -2.24. The van der Waals surface area contributed by atoms with E-state index in [0.29, 0.717) is 16.4 Å². The van der Waals surface area contributed by atoms with E-state index in [2.05, 4.69) is 10.6 Å². The molecule has 4 nitrogen and oxygen atoms in total. The van der Waals surface area contributed by atoms with E-state index in [-0.39, 0.29) is 17.7 Å². The largest absolute Gasteiger partial charge is 0.326 e. The molecular weight excluding hydrogens is 276 g/mol. The summed E-state index contributed by atoms with van der Waals surface area (Å²) in [4.78, 5) is 23.1. The van der Waals surface area contributed by atoms with Crippen LogP contribution in [0.15, 0.2) is 18.2 Å². The fourth-order valence-electron chi connectivity index (χ4n) is 2.50. The van der Waals surface area contributed by atoms with Crippen LogP contribution in [0.3, 0.4) is 0 Å². The molecular formula is C15H19ClN2O2. The molecule has 2 amide bonds. The lowest BCUT2D eigenvalue weighted by atomic mass is 9.88. The zero-order valence-electron chi connectivity index (χ0n) is 11.5. The second kappa shape index (κ2) is 6.75. The Bertz CT molecular complexity index is 511. The zero-order valence-corrected chi connectivity index (χ0v) is 12.3. The van der Waals surface area contributed by atoms with Crippen LogP contribution in [0.1, 0.15) is 39.0 Å². The fourth-order valence-corrected chi connectivity index (χ4v) is 2.72. The molecule has 0 aromatic heterocycles. The molecule has 2 N–H and O–H groups in total. The van der Waals surface area contributed by atoms with Crippen molar-refractivity contribution in [3.05, 3.63) is 23.2 Å². The normalized spacial score (nSPS) is 15.7. The highest BCUT2D eigenvalue weighted by Gasteiger charge is 2.21. The number of carbonyl (C=O) groups excluding carboxylic acids is 2. The standard InChI is InChI=1S/C15H19ClN2O2/c1-10(19)17-12-7-8-14(13(16)9-12)18-15(20)11-5-3-2-4-6-11/h7-9,11H,2-6H2,1H3,(H,17,19)(H,18,20). The van der Waals surface area contributed by atoms with Gasteiger partial charge in [0.05, 0.1) is 10.7 Å². The maximum atomic E-state index is 12.1. The van der Waals surface area contributed by atoms with E-state index in [9.17, 15) is 9.59 Å². The van der Waals surface area contributed by atoms with Crippen molar-refractivity contribution in [1.82, 2.24) is 0 Å². The third kappa shape index (κ3) is 3.97. The van der Waals surface area contributed by atoms with Crippen LogP contribution in [0, 0.1) is 5.92 Å². The van der Waals surface area contributed by atoms with Crippen LogP contribution in [0.5, 0.6) is 0 Å². The van der Waals surface area contributed by atoms with E-state index in [1.165, 1.54) is 13.3 Å². The van der Waals surface area contributed by atoms with E-state index in [1.807, 2.05) is 0 Å². The molecule has 0 bridgehead atoms. The summed E-state index contributed by atoms with van der Waals surface area (Å²) in [6, 6.07) is 5.08. The van der Waals surface area contributed by atoms with Crippen LogP contribution in [-0.2, 0) is 9.59 Å². The first kappa shape index (κ1) is 14.9. The second-order valence-corrected chi connectivity index (χ2v) is 5.61. The van der Waals surface area contributed by atoms with E-state index in [4.69, 9.17) is 11.6 Å². The Morgan fingerprint density at radius 2 is 1.85 bits per heavy atom. The zero-order chi connectivity index (χ0) is 14.5. The van der Waals surface area contributed by atoms with E-state index < -0.39 is 0 Å². The summed E-state index contributed by atoms with van der Waals surface area (Å²) in [6.45, 7) is 1.44. The van der Waals surface area contributed by atoms with Gasteiger partial charge < -0.3 is 10.6 Å². The van der Waals surface area contributed by atoms with Crippen molar-refractivity contribution in [2.75, 3.05) is 10.6 Å². The molecule has 2 rings (SSSR count). The summed E-state index contributed by atoms with van der Waals surface area (Å²) in [5, 5.41) is 5.96. The van der Waals surface area contributed by atoms with Crippen molar-refractivity contribution in [3.8, 4) is 0 Å². The third-order valence-electron chi connectivity index (χ3n) is 3.52. The molecule has 0 saturated heterocycles. The minimum Gasteiger partial charge on any atom is -0.326 e. The van der Waals surface area contributed by atoms with Crippen LogP contribution >= 0.6 is 11.6 Å². The molecule has 0 spiro atoms. The molecule has 0 aliphatic heterocycles. The SMILES string of the molecule is CC(=O)Nc1ccc(NC(=O)C2CCCCC2)c(Cl)c1. The molecule has 20 heavy (non-hydrogen) atoms. The minimum absolute atomic E-state index is 0.0406. The summed E-state index contributed by atoms with van der Waals surface area (Å²) in [5.41, 5.74) is 1.22. The third-order valence-corrected chi connectivity index (χ3v) is 3.84. The van der Waals surface area contributed by atoms with Gasteiger partial charge in [-0.15, -0.1) is 0 Å². The first-order valence-corrected chi connectivity index (χ1v) is 7.32. The van der Waals surface area contributed by atoms with Crippen molar-refractivity contribution in [3.63, 3.8) is 0 Å². The molecule has 0 heterocycles. The van der Waals surface area contributed by atoms with Crippen molar-refractivity contribution in [2.24, 2.45) is 5.92 Å². The first-order chi connectivity index (χ1) is 9.56. The van der Waals surface area contributed by atoms with Gasteiger partial charge in [-0.2, -0.15) is 0 Å². The molecule has 0 radical (unpaired) electrons. The van der Waals surface area contributed by atoms with Crippen molar-refractivity contribution < 1.29 is 9.59 Å². The van der Waals surface area contributed by atoms with Crippen LogP contribution < -0.4 is 10.6 Å². The number of rotatable bonds is 3. The Morgan fingerprint density at radius 1 is 1.15 bits per heavy atom. The quantitative estimate of drug-likeness (QED) is 0.890. The molecule has 108 valence electrons. The lowest BCUT2D eigenvalue weighted by molar-refractivity contribution is -0.120. The molecule has 5 heteroatoms. The number of anilines is 2. The Hall–Kier alpha value is -1.55. The maximum Gasteiger partial charge on any atom is 0.227 e. The van der Waals surface area contributed by atoms with Gasteiger partial charge in [-0.05, 0) is 31.0 Å². The topological polar surface area (TPSA) is 58.2 Å². The van der Waals surface area contributed by atoms with Gasteiger partial charge in [0.2, 0.25) is 11.8 Å². The molecule has 1 aliphatic carbocycles. The number of hydrogen-bond acceptors (Lipinski definition) is 2. The van der Waals surface area contributed by atoms with Crippen LogP contribution in [0.2, 0.25) is 5.02 Å². The van der Waals surface area contributed by atoms with Crippen molar-refractivity contribution >= 4 is 34.8 Å². The highest BCUT2D eigenvalue weighted by atomic mass is 35.5. The summed E-state index contributed by atoms with van der Waals surface area (Å²) < 4.78 is 0. The average molecular weight is 295 g/mol. The van der Waals surface area contributed by atoms with Crippen LogP contribution in [0.4, 0.5) is 11.4 Å². The van der Waals surface area contributed by atoms with Gasteiger partial charge in [0.25, 0.3) is 0 Å². The van der Waals surface area contributed by atoms with E-state index in [0.717, 1.165) is 25.7 Å². The fraction of sp³-hybridized carbons (Fsp3) is 0.467. The lowest BCUT2D eigenvalue weighted by Gasteiger charge is -2.21. The summed E-state index contributed by atoms with van der Waals surface area (Å²) in [6.07, 6.45) is 5.36. The first-order valence-electron chi connectivity index (χ1n) is 6.94. The van der Waals surface area contributed by atoms with Crippen LogP contribution in [0.25, 0.3) is 0 Å². The smallest absolute Gasteiger partial charge is 0.227 e. The highest BCUT2D eigenvalue weighted by Crippen LogP contribution is 2.29. The number of halogens is 1. The highest BCUT2D eigenvalue weighted by molar-refractivity contribution is 6.34. The Morgan fingerprint density at radius 3 is 2.45 bits per heavy atom. The summed E-state index contributed by atoms with van der Waals surface area (Å²) >= 11 is 6.13. The molecule has 0 unspecified atom stereocenters. The van der Waals surface area contributed by atoms with Gasteiger partial charge in [0.15, 0.2) is 0 Å². The monoisotopic (exact) mass is 294 g/mol. The Kier molecular flexibility index (Phi) is 5.01. The van der Waals surface area contributed by atoms with Gasteiger partial charge in [-0.3, -0.25) is 9.59 Å². The molecule has 1 aromatic carbocycles. The predicted octanol–water partition coefficient (Wildman–Crippen LogP) is 3.82. The average Bonchev–Trinajstić information content (AvgIpc) is 2.42. The van der Waals surface area contributed by atoms with Crippen molar-refractivity contribution in [1.29, 1.82) is 0 Å². The summed E-state index contributed by atoms with van der Waals surface area (Å²) in [7, 11) is 0. The van der Waals surface area contributed by atoms with E-state index >= 15 is 0 Å². The van der Waals surface area contributed by atoms with Gasteiger partial charge in [0, 0.05) is 18.5 Å². The molecule has 1 aliphatic rings. The molecule has 1 aromatic rings. The van der Waals surface area contributed by atoms with Crippen molar-refractivity contribution in [2.45, 2.75) is 39.0 Å². The van der Waals surface area contributed by atoms with Gasteiger partial charge >= 0.3 is 0 Å². The van der Waals surface area contributed by atoms with Gasteiger partial charge in [-0.25, -0.2) is 0 Å². The number of nitrogens with one attached hydrogen (secondary N) is 2. The predicted molar refractivity (Wildman–Crippen MR) is 81.0 cm³/mol. The minimum atomic E-state index is -0.153. The number of hydrogen-bond donors (Lipinski definition) is 2. The molecule has 1 saturated carbocycles. The summed E-state index contributed by atoms with van der Waals surface area (Å²) in [5.74, 6) is -0.0197. The second-order valence-electron chi connectivity index (χ2n) is 5.20. The van der Waals surface area contributed by atoms with Crippen LogP contribution in [-0.4, -0.2) is 11.8 Å². The molecule has 0 atom stereocenters. The maximum absolute atomic E-state index is 12.1. The Balaban J connectivity index is 2.01. The molecule has 1 fully saturated rings. The van der Waals surface area contributed by atoms with Gasteiger partial charge in [-0.1, -0.05) is 30.9 Å². The Labute approximate surface area is 123 Å². The number of amides is 2. The number of carbonyl (C=O) groups is 2. The van der Waals surface area contributed by atoms with E-state index in [1.54, 1.807) is 18.2 Å². The van der Waals surface area contributed by atoms with Gasteiger partial charge in [0.1, 0.15) is 0 Å².